The van der Waals surface area contributed by atoms with Crippen LogP contribution in [0, 0.1) is 17.1 Å². The van der Waals surface area contributed by atoms with Gasteiger partial charge in [-0.25, -0.2) is 4.39 Å². The SMILES string of the molecule is CC(O)(Cc1cccc(F)c1)c1ccc(C#N)cc1. The number of hydrogen-bond acceptors (Lipinski definition) is 2. The molecule has 1 atom stereocenters. The molecule has 0 bridgehead atoms. The summed E-state index contributed by atoms with van der Waals surface area (Å²) in [6.07, 6.45) is 0.316. The second-order valence-electron chi connectivity index (χ2n) is 4.77. The van der Waals surface area contributed by atoms with E-state index in [-0.39, 0.29) is 5.82 Å². The van der Waals surface area contributed by atoms with Crippen LogP contribution in [0.5, 0.6) is 0 Å². The van der Waals surface area contributed by atoms with Crippen molar-refractivity contribution in [1.82, 2.24) is 0 Å². The van der Waals surface area contributed by atoms with Crippen molar-refractivity contribution in [3.05, 3.63) is 71.0 Å². The summed E-state index contributed by atoms with van der Waals surface area (Å²) in [6.45, 7) is 1.68. The Morgan fingerprint density at radius 1 is 1.21 bits per heavy atom. The third kappa shape index (κ3) is 3.18. The molecule has 0 aliphatic carbocycles. The minimum Gasteiger partial charge on any atom is -0.385 e. The summed E-state index contributed by atoms with van der Waals surface area (Å²) in [4.78, 5) is 0. The van der Waals surface area contributed by atoms with Crippen LogP contribution in [-0.4, -0.2) is 5.11 Å². The number of hydrogen-bond donors (Lipinski definition) is 1. The van der Waals surface area contributed by atoms with Crippen molar-refractivity contribution in [2.75, 3.05) is 0 Å². The van der Waals surface area contributed by atoms with Gasteiger partial charge in [0.25, 0.3) is 0 Å². The predicted octanol–water partition coefficient (Wildman–Crippen LogP) is 3.15. The van der Waals surface area contributed by atoms with Gasteiger partial charge >= 0.3 is 0 Å². The molecule has 0 spiro atoms. The van der Waals surface area contributed by atoms with E-state index >= 15 is 0 Å². The van der Waals surface area contributed by atoms with Crippen molar-refractivity contribution in [2.24, 2.45) is 0 Å². The van der Waals surface area contributed by atoms with E-state index in [9.17, 15) is 9.50 Å². The fraction of sp³-hybridized carbons (Fsp3) is 0.188. The highest BCUT2D eigenvalue weighted by Crippen LogP contribution is 2.25. The molecule has 2 aromatic carbocycles. The van der Waals surface area contributed by atoms with Crippen molar-refractivity contribution in [3.63, 3.8) is 0 Å². The Bertz CT molecular complexity index is 611. The van der Waals surface area contributed by atoms with E-state index in [1.165, 1.54) is 12.1 Å². The van der Waals surface area contributed by atoms with Gasteiger partial charge < -0.3 is 5.11 Å². The molecule has 96 valence electrons. The summed E-state index contributed by atoms with van der Waals surface area (Å²) < 4.78 is 13.1. The molecule has 2 nitrogen and oxygen atoms in total. The Labute approximate surface area is 111 Å². The van der Waals surface area contributed by atoms with Gasteiger partial charge in [-0.05, 0) is 42.3 Å². The lowest BCUT2D eigenvalue weighted by atomic mass is 9.88. The highest BCUT2D eigenvalue weighted by molar-refractivity contribution is 5.34. The van der Waals surface area contributed by atoms with Crippen molar-refractivity contribution in [2.45, 2.75) is 18.9 Å². The van der Waals surface area contributed by atoms with Gasteiger partial charge in [-0.1, -0.05) is 24.3 Å². The molecule has 0 saturated heterocycles. The molecule has 0 saturated carbocycles. The normalized spacial score (nSPS) is 13.6. The fourth-order valence-corrected chi connectivity index (χ4v) is 2.05. The maximum absolute atomic E-state index is 13.1. The molecule has 0 aliphatic heterocycles. The lowest BCUT2D eigenvalue weighted by Gasteiger charge is -2.24. The molecular weight excluding hydrogens is 241 g/mol. The number of nitrogens with zero attached hydrogens (tertiary/aromatic N) is 1. The summed E-state index contributed by atoms with van der Waals surface area (Å²) in [6, 6.07) is 15.0. The first-order valence-corrected chi connectivity index (χ1v) is 5.99. The summed E-state index contributed by atoms with van der Waals surface area (Å²) in [5.41, 5.74) is 0.886. The maximum atomic E-state index is 13.1. The van der Waals surface area contributed by atoms with Crippen LogP contribution in [0.4, 0.5) is 4.39 Å². The molecule has 2 rings (SSSR count). The van der Waals surface area contributed by atoms with Gasteiger partial charge in [0.05, 0.1) is 17.2 Å². The highest BCUT2D eigenvalue weighted by Gasteiger charge is 2.23. The average molecular weight is 255 g/mol. The molecule has 2 aromatic rings. The molecular formula is C16H14FNO. The number of halogens is 1. The second-order valence-corrected chi connectivity index (χ2v) is 4.77. The molecule has 0 aliphatic rings. The molecule has 0 amide bonds. The summed E-state index contributed by atoms with van der Waals surface area (Å²) in [5.74, 6) is -0.312. The van der Waals surface area contributed by atoms with Gasteiger partial charge in [0.2, 0.25) is 0 Å². The van der Waals surface area contributed by atoms with E-state index in [2.05, 4.69) is 0 Å². The Kier molecular flexibility index (Phi) is 3.64. The molecule has 0 heterocycles. The largest absolute Gasteiger partial charge is 0.385 e. The zero-order valence-electron chi connectivity index (χ0n) is 10.6. The fourth-order valence-electron chi connectivity index (χ4n) is 2.05. The van der Waals surface area contributed by atoms with Crippen molar-refractivity contribution >= 4 is 0 Å². The Morgan fingerprint density at radius 2 is 1.89 bits per heavy atom. The van der Waals surface area contributed by atoms with Crippen LogP contribution < -0.4 is 0 Å². The Hall–Kier alpha value is -2.18. The predicted molar refractivity (Wildman–Crippen MR) is 70.8 cm³/mol. The standard InChI is InChI=1S/C16H14FNO/c1-16(19,10-13-3-2-4-15(17)9-13)14-7-5-12(11-18)6-8-14/h2-9,19H,10H2,1H3. The van der Waals surface area contributed by atoms with Crippen LogP contribution in [0.15, 0.2) is 48.5 Å². The van der Waals surface area contributed by atoms with Gasteiger partial charge in [0.1, 0.15) is 5.82 Å². The highest BCUT2D eigenvalue weighted by atomic mass is 19.1. The average Bonchev–Trinajstić information content (AvgIpc) is 2.38. The van der Waals surface area contributed by atoms with Gasteiger partial charge in [-0.15, -0.1) is 0 Å². The molecule has 19 heavy (non-hydrogen) atoms. The van der Waals surface area contributed by atoms with E-state index in [4.69, 9.17) is 5.26 Å². The third-order valence-electron chi connectivity index (χ3n) is 3.07. The van der Waals surface area contributed by atoms with Gasteiger partial charge in [0, 0.05) is 6.42 Å². The first-order chi connectivity index (χ1) is 9.01. The van der Waals surface area contributed by atoms with E-state index in [0.29, 0.717) is 17.5 Å². The van der Waals surface area contributed by atoms with Crippen molar-refractivity contribution < 1.29 is 9.50 Å². The second kappa shape index (κ2) is 5.21. The van der Waals surface area contributed by atoms with E-state index in [1.54, 1.807) is 43.3 Å². The zero-order valence-corrected chi connectivity index (χ0v) is 10.6. The first kappa shape index (κ1) is 13.3. The van der Waals surface area contributed by atoms with Crippen LogP contribution in [0.25, 0.3) is 0 Å². The lowest BCUT2D eigenvalue weighted by molar-refractivity contribution is 0.0575. The molecule has 1 unspecified atom stereocenters. The number of nitriles is 1. The lowest BCUT2D eigenvalue weighted by Crippen LogP contribution is -2.24. The van der Waals surface area contributed by atoms with Crippen molar-refractivity contribution in [3.8, 4) is 6.07 Å². The minimum atomic E-state index is -1.10. The summed E-state index contributed by atoms with van der Waals surface area (Å²) in [7, 11) is 0. The first-order valence-electron chi connectivity index (χ1n) is 5.99. The van der Waals surface area contributed by atoms with Crippen molar-refractivity contribution in [1.29, 1.82) is 5.26 Å². The molecule has 0 radical (unpaired) electrons. The summed E-state index contributed by atoms with van der Waals surface area (Å²) in [5, 5.41) is 19.2. The quantitative estimate of drug-likeness (QED) is 0.915. The Morgan fingerprint density at radius 3 is 2.47 bits per heavy atom. The van der Waals surface area contributed by atoms with E-state index in [0.717, 1.165) is 5.56 Å². The van der Waals surface area contributed by atoms with E-state index in [1.807, 2.05) is 6.07 Å². The molecule has 1 N–H and O–H groups in total. The minimum absolute atomic E-state index is 0.312. The third-order valence-corrected chi connectivity index (χ3v) is 3.07. The van der Waals surface area contributed by atoms with Crippen LogP contribution in [0.2, 0.25) is 0 Å². The maximum Gasteiger partial charge on any atom is 0.123 e. The van der Waals surface area contributed by atoms with Crippen LogP contribution in [-0.2, 0) is 12.0 Å². The zero-order chi connectivity index (χ0) is 13.9. The van der Waals surface area contributed by atoms with Crippen LogP contribution in [0.1, 0.15) is 23.6 Å². The van der Waals surface area contributed by atoms with Crippen LogP contribution in [0.3, 0.4) is 0 Å². The number of aliphatic hydroxyl groups is 1. The molecule has 3 heteroatoms. The number of rotatable bonds is 3. The molecule has 0 fully saturated rings. The molecule has 0 aromatic heterocycles. The Balaban J connectivity index is 2.24. The summed E-state index contributed by atoms with van der Waals surface area (Å²) >= 11 is 0. The van der Waals surface area contributed by atoms with E-state index < -0.39 is 5.60 Å². The number of benzene rings is 2. The van der Waals surface area contributed by atoms with Crippen LogP contribution >= 0.6 is 0 Å². The van der Waals surface area contributed by atoms with Gasteiger partial charge in [0.15, 0.2) is 0 Å². The smallest absolute Gasteiger partial charge is 0.123 e. The van der Waals surface area contributed by atoms with Gasteiger partial charge in [-0.2, -0.15) is 5.26 Å². The van der Waals surface area contributed by atoms with Gasteiger partial charge in [-0.3, -0.25) is 0 Å². The monoisotopic (exact) mass is 255 g/mol. The topological polar surface area (TPSA) is 44.0 Å².